The van der Waals surface area contributed by atoms with Crippen LogP contribution in [0.25, 0.3) is 10.4 Å². The van der Waals surface area contributed by atoms with Gasteiger partial charge in [-0.1, -0.05) is 25.3 Å². The van der Waals surface area contributed by atoms with Crippen molar-refractivity contribution >= 4 is 40.2 Å². The molecule has 1 unspecified atom stereocenters. The summed E-state index contributed by atoms with van der Waals surface area (Å²) < 4.78 is 26.4. The number of benzene rings is 1. The SMILES string of the molecule is CC(C)(C)NS(=O)c1cc(NC(=O)OCC2CCNCC2)ccc1-c1cnc(C2CCCCC2)s1.CC(C)OC(N)=O. The predicted molar refractivity (Wildman–Crippen MR) is 169 cm³/mol. The van der Waals surface area contributed by atoms with Crippen molar-refractivity contribution in [2.24, 2.45) is 11.7 Å². The van der Waals surface area contributed by atoms with Gasteiger partial charge in [0.25, 0.3) is 0 Å². The molecule has 42 heavy (non-hydrogen) atoms. The van der Waals surface area contributed by atoms with Crippen LogP contribution in [0.4, 0.5) is 15.3 Å². The molecule has 2 aliphatic rings. The second-order valence-corrected chi connectivity index (χ2v) is 14.4. The van der Waals surface area contributed by atoms with Crippen LogP contribution in [0.1, 0.15) is 90.5 Å². The third-order valence-electron chi connectivity index (χ3n) is 6.83. The molecule has 2 heterocycles. The number of aromatic nitrogens is 1. The van der Waals surface area contributed by atoms with Crippen LogP contribution >= 0.6 is 11.3 Å². The van der Waals surface area contributed by atoms with E-state index >= 15 is 0 Å². The molecule has 2 fully saturated rings. The molecule has 12 heteroatoms. The topological polar surface area (TPSA) is 145 Å². The van der Waals surface area contributed by atoms with Gasteiger partial charge in [0, 0.05) is 28.9 Å². The minimum atomic E-state index is -1.46. The fourth-order valence-corrected chi connectivity index (χ4v) is 7.34. The predicted octanol–water partition coefficient (Wildman–Crippen LogP) is 6.31. The summed E-state index contributed by atoms with van der Waals surface area (Å²) in [5, 5.41) is 7.31. The average Bonchev–Trinajstić information content (AvgIpc) is 3.42. The summed E-state index contributed by atoms with van der Waals surface area (Å²) in [5.74, 6) is 0.924. The van der Waals surface area contributed by atoms with E-state index in [1.54, 1.807) is 31.3 Å². The van der Waals surface area contributed by atoms with Crippen LogP contribution < -0.4 is 21.1 Å². The van der Waals surface area contributed by atoms with Crippen LogP contribution in [-0.2, 0) is 20.5 Å². The quantitative estimate of drug-likeness (QED) is 0.270. The Morgan fingerprint density at radius 3 is 2.43 bits per heavy atom. The summed E-state index contributed by atoms with van der Waals surface area (Å²) in [6.07, 6.45) is 8.87. The van der Waals surface area contributed by atoms with Gasteiger partial charge < -0.3 is 20.5 Å². The maximum absolute atomic E-state index is 13.4. The number of nitrogens with zero attached hydrogens (tertiary/aromatic N) is 1. The summed E-state index contributed by atoms with van der Waals surface area (Å²) in [6.45, 7) is 11.8. The molecule has 1 saturated carbocycles. The number of carbonyl (C=O) groups is 2. The first-order chi connectivity index (χ1) is 19.9. The molecule has 1 aliphatic carbocycles. The van der Waals surface area contributed by atoms with Crippen molar-refractivity contribution in [1.29, 1.82) is 0 Å². The molecule has 4 rings (SSSR count). The first-order valence-corrected chi connectivity index (χ1v) is 16.8. The summed E-state index contributed by atoms with van der Waals surface area (Å²) in [7, 11) is -1.46. The van der Waals surface area contributed by atoms with Gasteiger partial charge in [-0.3, -0.25) is 5.32 Å². The van der Waals surface area contributed by atoms with Crippen LogP contribution in [0.15, 0.2) is 29.3 Å². The molecule has 2 aromatic rings. The molecule has 1 aliphatic heterocycles. The van der Waals surface area contributed by atoms with Gasteiger partial charge in [-0.2, -0.15) is 0 Å². The van der Waals surface area contributed by atoms with Gasteiger partial charge in [-0.05, 0) is 91.4 Å². The Bertz CT molecular complexity index is 1180. The van der Waals surface area contributed by atoms with Crippen molar-refractivity contribution in [2.45, 2.75) is 102 Å². The molecular formula is C30H47N5O5S2. The Morgan fingerprint density at radius 1 is 1.14 bits per heavy atom. The molecule has 2 amide bonds. The highest BCUT2D eigenvalue weighted by Gasteiger charge is 2.23. The molecule has 234 valence electrons. The number of piperidine rings is 1. The van der Waals surface area contributed by atoms with E-state index in [0.717, 1.165) is 36.4 Å². The third-order valence-corrected chi connectivity index (χ3v) is 9.56. The fraction of sp³-hybridized carbons (Fsp3) is 0.633. The molecule has 1 saturated heterocycles. The molecule has 0 bridgehead atoms. The van der Waals surface area contributed by atoms with Gasteiger partial charge in [0.15, 0.2) is 0 Å². The van der Waals surface area contributed by atoms with Gasteiger partial charge in [0.1, 0.15) is 11.0 Å². The van der Waals surface area contributed by atoms with E-state index in [2.05, 4.69) is 25.8 Å². The van der Waals surface area contributed by atoms with Crippen LogP contribution in [-0.4, -0.2) is 52.7 Å². The smallest absolute Gasteiger partial charge is 0.411 e. The highest BCUT2D eigenvalue weighted by Crippen LogP contribution is 2.39. The number of primary amides is 1. The maximum Gasteiger partial charge on any atom is 0.411 e. The van der Waals surface area contributed by atoms with Crippen molar-refractivity contribution in [3.8, 4) is 10.4 Å². The van der Waals surface area contributed by atoms with Crippen LogP contribution in [0.3, 0.4) is 0 Å². The number of nitrogens with two attached hydrogens (primary N) is 1. The molecule has 1 atom stereocenters. The van der Waals surface area contributed by atoms with E-state index in [1.807, 2.05) is 39.1 Å². The number of carbonyl (C=O) groups excluding carboxylic acids is 2. The van der Waals surface area contributed by atoms with E-state index in [-0.39, 0.29) is 11.6 Å². The van der Waals surface area contributed by atoms with Crippen molar-refractivity contribution in [1.82, 2.24) is 15.0 Å². The van der Waals surface area contributed by atoms with Crippen LogP contribution in [0.2, 0.25) is 0 Å². The number of rotatable bonds is 8. The standard InChI is InChI=1S/C26H38N4O3S2.C4H9NO2/c1-26(2,3)30-35(32)23-15-20(29-25(31)33-17-18-11-13-27-14-12-18)9-10-21(23)22-16-28-24(34-22)19-7-5-4-6-8-19;1-3(2)7-4(5)6/h9-10,15-16,18-19,27,30H,4-8,11-14,17H2,1-3H3,(H,29,31);3H,1-2H3,(H2,5,6). The van der Waals surface area contributed by atoms with Gasteiger partial charge in [0.05, 0.1) is 27.5 Å². The zero-order chi connectivity index (χ0) is 30.7. The number of thiazole rings is 1. The highest BCUT2D eigenvalue weighted by molar-refractivity contribution is 7.83. The zero-order valence-corrected chi connectivity index (χ0v) is 27.1. The summed E-state index contributed by atoms with van der Waals surface area (Å²) in [4.78, 5) is 28.6. The van der Waals surface area contributed by atoms with E-state index in [0.29, 0.717) is 29.0 Å². The lowest BCUT2D eigenvalue weighted by Crippen LogP contribution is -2.37. The normalized spacial score (nSPS) is 17.2. The van der Waals surface area contributed by atoms with E-state index < -0.39 is 23.2 Å². The van der Waals surface area contributed by atoms with Crippen molar-refractivity contribution < 1.29 is 23.3 Å². The fourth-order valence-electron chi connectivity index (χ4n) is 4.87. The van der Waals surface area contributed by atoms with E-state index in [1.165, 1.54) is 37.1 Å². The van der Waals surface area contributed by atoms with Crippen LogP contribution in [0.5, 0.6) is 0 Å². The molecule has 0 radical (unpaired) electrons. The number of amides is 2. The second kappa shape index (κ2) is 16.3. The maximum atomic E-state index is 13.4. The highest BCUT2D eigenvalue weighted by atomic mass is 32.2. The molecule has 10 nitrogen and oxygen atoms in total. The van der Waals surface area contributed by atoms with Gasteiger partial charge in [-0.25, -0.2) is 23.5 Å². The summed E-state index contributed by atoms with van der Waals surface area (Å²) >= 11 is 1.70. The lowest BCUT2D eigenvalue weighted by Gasteiger charge is -2.22. The first-order valence-electron chi connectivity index (χ1n) is 14.8. The third kappa shape index (κ3) is 11.6. The number of nitrogens with one attached hydrogen (secondary N) is 3. The van der Waals surface area contributed by atoms with Crippen molar-refractivity contribution in [3.63, 3.8) is 0 Å². The molecular weight excluding hydrogens is 574 g/mol. The monoisotopic (exact) mass is 621 g/mol. The average molecular weight is 622 g/mol. The summed E-state index contributed by atoms with van der Waals surface area (Å²) in [6, 6.07) is 5.56. The molecule has 1 aromatic carbocycles. The van der Waals surface area contributed by atoms with Gasteiger partial charge in [-0.15, -0.1) is 11.3 Å². The second-order valence-electron chi connectivity index (χ2n) is 12.1. The van der Waals surface area contributed by atoms with E-state index in [9.17, 15) is 13.8 Å². The lowest BCUT2D eigenvalue weighted by molar-refractivity contribution is 0.125. The minimum absolute atomic E-state index is 0.0995. The van der Waals surface area contributed by atoms with Crippen LogP contribution in [0, 0.1) is 5.92 Å². The van der Waals surface area contributed by atoms with Crippen molar-refractivity contribution in [2.75, 3.05) is 25.0 Å². The number of hydrogen-bond donors (Lipinski definition) is 4. The molecule has 1 aromatic heterocycles. The minimum Gasteiger partial charge on any atom is -0.449 e. The number of anilines is 1. The molecule has 0 spiro atoms. The number of hydrogen-bond acceptors (Lipinski definition) is 8. The van der Waals surface area contributed by atoms with Crippen molar-refractivity contribution in [3.05, 3.63) is 29.4 Å². The summed E-state index contributed by atoms with van der Waals surface area (Å²) in [5.41, 5.74) is 5.75. The van der Waals surface area contributed by atoms with E-state index in [4.69, 9.17) is 9.72 Å². The Hall–Kier alpha value is -2.54. The Labute approximate surface area is 256 Å². The zero-order valence-electron chi connectivity index (χ0n) is 25.5. The lowest BCUT2D eigenvalue weighted by atomic mass is 9.90. The molecule has 5 N–H and O–H groups in total. The van der Waals surface area contributed by atoms with Gasteiger partial charge >= 0.3 is 12.2 Å². The Balaban J connectivity index is 0.000000616. The first kappa shape index (κ1) is 34.0. The Kier molecular flexibility index (Phi) is 13.2. The Morgan fingerprint density at radius 2 is 1.83 bits per heavy atom. The van der Waals surface area contributed by atoms with Gasteiger partial charge in [0.2, 0.25) is 0 Å². The largest absolute Gasteiger partial charge is 0.449 e. The number of ether oxygens (including phenoxy) is 2.